The van der Waals surface area contributed by atoms with Crippen LogP contribution in [0.3, 0.4) is 0 Å². The summed E-state index contributed by atoms with van der Waals surface area (Å²) >= 11 is 0. The molecule has 66 heavy (non-hydrogen) atoms. The van der Waals surface area contributed by atoms with E-state index in [1.165, 1.54) is 186 Å². The van der Waals surface area contributed by atoms with Gasteiger partial charge in [0.2, 0.25) is 0 Å². The van der Waals surface area contributed by atoms with Crippen LogP contribution in [0, 0.1) is 0 Å². The van der Waals surface area contributed by atoms with Gasteiger partial charge in [0, 0.05) is 12.8 Å². The van der Waals surface area contributed by atoms with Gasteiger partial charge in [-0.15, -0.1) is 0 Å². The summed E-state index contributed by atoms with van der Waals surface area (Å²) < 4.78 is 22.2. The SMILES string of the molecule is CCCCCCCCCCCCCCCC/C=C/CC/C=C/CCCC(=O)O[C@H](COC(=O)CCCCCCCCCCCCCCCCCCCC)CO[C@@H]1O[C@H](CO)[C@H](O)C(O)C1O. The lowest BCUT2D eigenvalue weighted by atomic mass is 9.99. The third-order valence-electron chi connectivity index (χ3n) is 13.1. The molecule has 1 heterocycles. The first kappa shape index (κ1) is 62.2. The van der Waals surface area contributed by atoms with Crippen LogP contribution >= 0.6 is 0 Å². The zero-order chi connectivity index (χ0) is 48.0. The maximum atomic E-state index is 12.8. The van der Waals surface area contributed by atoms with Crippen molar-refractivity contribution in [3.05, 3.63) is 24.3 Å². The number of rotatable bonds is 48. The third-order valence-corrected chi connectivity index (χ3v) is 13.1. The van der Waals surface area contributed by atoms with Crippen molar-refractivity contribution in [3.8, 4) is 0 Å². The number of hydrogen-bond acceptors (Lipinski definition) is 10. The number of aliphatic hydroxyl groups excluding tert-OH is 4. The molecule has 1 aliphatic heterocycles. The summed E-state index contributed by atoms with van der Waals surface area (Å²) in [4.78, 5) is 25.5. The molecule has 1 rings (SSSR count). The van der Waals surface area contributed by atoms with Crippen molar-refractivity contribution >= 4 is 11.9 Å². The van der Waals surface area contributed by atoms with Crippen LogP contribution in [0.25, 0.3) is 0 Å². The predicted molar refractivity (Wildman–Crippen MR) is 270 cm³/mol. The van der Waals surface area contributed by atoms with Crippen LogP contribution in [-0.4, -0.2) is 89.0 Å². The first-order valence-electron chi connectivity index (χ1n) is 27.9. The monoisotopic (exact) mass is 937 g/mol. The van der Waals surface area contributed by atoms with E-state index < -0.39 is 49.4 Å². The van der Waals surface area contributed by atoms with E-state index >= 15 is 0 Å². The Morgan fingerprint density at radius 3 is 1.27 bits per heavy atom. The van der Waals surface area contributed by atoms with Gasteiger partial charge in [0.1, 0.15) is 31.0 Å². The van der Waals surface area contributed by atoms with Crippen molar-refractivity contribution < 1.29 is 49.0 Å². The molecule has 6 atom stereocenters. The molecule has 0 aromatic rings. The van der Waals surface area contributed by atoms with Crippen LogP contribution in [0.2, 0.25) is 0 Å². The first-order chi connectivity index (χ1) is 32.3. The number of ether oxygens (including phenoxy) is 4. The molecule has 1 fully saturated rings. The van der Waals surface area contributed by atoms with Gasteiger partial charge in [-0.05, 0) is 44.9 Å². The van der Waals surface area contributed by atoms with Gasteiger partial charge in [0.25, 0.3) is 0 Å². The second kappa shape index (κ2) is 46.9. The number of carbonyl (C=O) groups is 2. The lowest BCUT2D eigenvalue weighted by Crippen LogP contribution is -2.59. The normalized spacial score (nSPS) is 19.3. The molecule has 10 nitrogen and oxygen atoms in total. The Hall–Kier alpha value is -1.82. The molecule has 1 aliphatic rings. The zero-order valence-corrected chi connectivity index (χ0v) is 42.7. The largest absolute Gasteiger partial charge is 0.462 e. The predicted octanol–water partition coefficient (Wildman–Crippen LogP) is 13.6. The Kier molecular flexibility index (Phi) is 44.2. The maximum Gasteiger partial charge on any atom is 0.306 e. The average Bonchev–Trinajstić information content (AvgIpc) is 3.32. The molecule has 4 N–H and O–H groups in total. The van der Waals surface area contributed by atoms with E-state index in [2.05, 4.69) is 38.2 Å². The maximum absolute atomic E-state index is 12.8. The second-order valence-electron chi connectivity index (χ2n) is 19.4. The van der Waals surface area contributed by atoms with E-state index in [4.69, 9.17) is 18.9 Å². The van der Waals surface area contributed by atoms with Gasteiger partial charge in [-0.2, -0.15) is 0 Å². The minimum absolute atomic E-state index is 0.174. The highest BCUT2D eigenvalue weighted by atomic mass is 16.7. The minimum atomic E-state index is -1.60. The average molecular weight is 937 g/mol. The molecule has 10 heteroatoms. The third kappa shape index (κ3) is 37.1. The summed E-state index contributed by atoms with van der Waals surface area (Å²) in [6, 6.07) is 0. The van der Waals surface area contributed by atoms with Crippen molar-refractivity contribution in [2.45, 2.75) is 301 Å². The topological polar surface area (TPSA) is 152 Å². The van der Waals surface area contributed by atoms with E-state index in [-0.39, 0.29) is 32.0 Å². The fourth-order valence-corrected chi connectivity index (χ4v) is 8.68. The molecule has 0 aromatic heterocycles. The second-order valence-corrected chi connectivity index (χ2v) is 19.4. The van der Waals surface area contributed by atoms with Crippen LogP contribution in [0.15, 0.2) is 24.3 Å². The van der Waals surface area contributed by atoms with Crippen molar-refractivity contribution in [2.24, 2.45) is 0 Å². The molecule has 0 radical (unpaired) electrons. The molecule has 0 aromatic carbocycles. The van der Waals surface area contributed by atoms with Crippen LogP contribution in [0.4, 0.5) is 0 Å². The molecule has 1 saturated heterocycles. The van der Waals surface area contributed by atoms with Gasteiger partial charge in [0.05, 0.1) is 13.2 Å². The Morgan fingerprint density at radius 1 is 0.455 bits per heavy atom. The quantitative estimate of drug-likeness (QED) is 0.0264. The summed E-state index contributed by atoms with van der Waals surface area (Å²) in [5.74, 6) is -0.841. The summed E-state index contributed by atoms with van der Waals surface area (Å²) in [6.07, 6.45) is 47.8. The van der Waals surface area contributed by atoms with Gasteiger partial charge in [-0.1, -0.05) is 231 Å². The first-order valence-corrected chi connectivity index (χ1v) is 27.9. The van der Waals surface area contributed by atoms with Gasteiger partial charge in [-0.3, -0.25) is 9.59 Å². The van der Waals surface area contributed by atoms with E-state index in [1.807, 2.05) is 0 Å². The van der Waals surface area contributed by atoms with Gasteiger partial charge >= 0.3 is 11.9 Å². The molecular formula is C56H104O10. The molecule has 0 aliphatic carbocycles. The summed E-state index contributed by atoms with van der Waals surface area (Å²) in [5, 5.41) is 40.2. The summed E-state index contributed by atoms with van der Waals surface area (Å²) in [7, 11) is 0. The zero-order valence-electron chi connectivity index (χ0n) is 42.7. The van der Waals surface area contributed by atoms with Gasteiger partial charge < -0.3 is 39.4 Å². The van der Waals surface area contributed by atoms with Crippen molar-refractivity contribution in [3.63, 3.8) is 0 Å². The van der Waals surface area contributed by atoms with E-state index in [1.54, 1.807) is 0 Å². The van der Waals surface area contributed by atoms with Gasteiger partial charge in [-0.25, -0.2) is 0 Å². The molecule has 0 saturated carbocycles. The lowest BCUT2D eigenvalue weighted by Gasteiger charge is -2.39. The molecule has 0 amide bonds. The van der Waals surface area contributed by atoms with Crippen LogP contribution in [0.1, 0.15) is 264 Å². The fourth-order valence-electron chi connectivity index (χ4n) is 8.68. The highest BCUT2D eigenvalue weighted by molar-refractivity contribution is 5.70. The van der Waals surface area contributed by atoms with Crippen LogP contribution in [-0.2, 0) is 28.5 Å². The fraction of sp³-hybridized carbons (Fsp3) is 0.893. The van der Waals surface area contributed by atoms with E-state index in [0.717, 1.165) is 44.9 Å². The van der Waals surface area contributed by atoms with Crippen molar-refractivity contribution in [1.82, 2.24) is 0 Å². The molecule has 0 bridgehead atoms. The van der Waals surface area contributed by atoms with Crippen LogP contribution < -0.4 is 0 Å². The smallest absolute Gasteiger partial charge is 0.306 e. The van der Waals surface area contributed by atoms with Crippen molar-refractivity contribution in [2.75, 3.05) is 19.8 Å². The summed E-state index contributed by atoms with van der Waals surface area (Å²) in [5.41, 5.74) is 0. The number of aliphatic hydroxyl groups is 4. The summed E-state index contributed by atoms with van der Waals surface area (Å²) in [6.45, 7) is 3.44. The molecule has 0 spiro atoms. The number of allylic oxidation sites excluding steroid dienone is 4. The van der Waals surface area contributed by atoms with Gasteiger partial charge in [0.15, 0.2) is 12.4 Å². The number of esters is 2. The Balaban J connectivity index is 2.24. The number of hydrogen-bond donors (Lipinski definition) is 4. The molecule has 388 valence electrons. The Bertz CT molecular complexity index is 1130. The Labute approximate surface area is 404 Å². The van der Waals surface area contributed by atoms with Crippen LogP contribution in [0.5, 0.6) is 0 Å². The highest BCUT2D eigenvalue weighted by Gasteiger charge is 2.44. The lowest BCUT2D eigenvalue weighted by molar-refractivity contribution is -0.305. The Morgan fingerprint density at radius 2 is 0.833 bits per heavy atom. The molecule has 2 unspecified atom stereocenters. The number of carbonyl (C=O) groups excluding carboxylic acids is 2. The highest BCUT2D eigenvalue weighted by Crippen LogP contribution is 2.23. The minimum Gasteiger partial charge on any atom is -0.462 e. The van der Waals surface area contributed by atoms with Crippen molar-refractivity contribution in [1.29, 1.82) is 0 Å². The molecular weight excluding hydrogens is 833 g/mol. The standard InChI is InChI=1S/C56H104O10/c1-3-5-7-9-11-13-15-17-19-21-23-24-25-26-27-29-31-33-35-37-39-41-43-45-52(59)65-49(48-64-56-55(62)54(61)53(60)50(46-57)66-56)47-63-51(58)44-42-40-38-36-34-32-30-28-22-20-18-16-14-12-10-8-6-4-2/h29,31,37,39,49-50,53-57,60-62H,3-28,30,32-36,38,40-48H2,1-2H3/b31-29+,39-37+/t49-,50-,53+,54?,55?,56-/m1/s1. The van der Waals surface area contributed by atoms with E-state index in [0.29, 0.717) is 6.42 Å². The van der Waals surface area contributed by atoms with E-state index in [9.17, 15) is 30.0 Å². The number of unbranched alkanes of at least 4 members (excludes halogenated alkanes) is 33.